The van der Waals surface area contributed by atoms with Crippen molar-refractivity contribution in [2.24, 2.45) is 0 Å². The third-order valence-electron chi connectivity index (χ3n) is 2.80. The number of carbonyl (C=O) groups excluding carboxylic acids is 1. The number of carbonyl (C=O) groups is 1. The molecule has 0 N–H and O–H groups in total. The molecule has 1 amide bonds. The molecule has 0 spiro atoms. The SMILES string of the molecule is C=CCON(C=O)C1C=C(n2ccnn2)CN(C)C1. The highest BCUT2D eigenvalue weighted by molar-refractivity contribution is 5.52. The molecule has 1 aromatic rings. The Morgan fingerprint density at radius 3 is 3.16 bits per heavy atom. The molecular weight excluding hydrogens is 246 g/mol. The average molecular weight is 263 g/mol. The van der Waals surface area contributed by atoms with Crippen LogP contribution in [0.3, 0.4) is 0 Å². The molecule has 1 aliphatic heterocycles. The second-order valence-corrected chi connectivity index (χ2v) is 4.32. The van der Waals surface area contributed by atoms with Crippen molar-refractivity contribution < 1.29 is 9.63 Å². The summed E-state index contributed by atoms with van der Waals surface area (Å²) in [5, 5.41) is 9.05. The van der Waals surface area contributed by atoms with E-state index in [4.69, 9.17) is 4.84 Å². The van der Waals surface area contributed by atoms with E-state index in [1.54, 1.807) is 23.2 Å². The molecule has 1 unspecified atom stereocenters. The number of rotatable bonds is 6. The molecule has 102 valence electrons. The molecule has 7 heteroatoms. The lowest BCUT2D eigenvalue weighted by molar-refractivity contribution is -0.177. The Balaban J connectivity index is 2.17. The van der Waals surface area contributed by atoms with Gasteiger partial charge in [0.2, 0.25) is 6.41 Å². The molecule has 0 bridgehead atoms. The van der Waals surface area contributed by atoms with Gasteiger partial charge in [-0.05, 0) is 13.1 Å². The first-order valence-electron chi connectivity index (χ1n) is 5.98. The van der Waals surface area contributed by atoms with Gasteiger partial charge in [0.15, 0.2) is 0 Å². The van der Waals surface area contributed by atoms with Crippen LogP contribution < -0.4 is 0 Å². The van der Waals surface area contributed by atoms with Gasteiger partial charge in [-0.15, -0.1) is 11.7 Å². The summed E-state index contributed by atoms with van der Waals surface area (Å²) < 4.78 is 1.69. The van der Waals surface area contributed by atoms with E-state index in [-0.39, 0.29) is 6.04 Å². The van der Waals surface area contributed by atoms with Crippen molar-refractivity contribution in [3.05, 3.63) is 31.1 Å². The van der Waals surface area contributed by atoms with Crippen molar-refractivity contribution in [3.63, 3.8) is 0 Å². The molecule has 0 saturated heterocycles. The second kappa shape index (κ2) is 6.26. The van der Waals surface area contributed by atoms with E-state index in [0.29, 0.717) is 19.6 Å². The lowest BCUT2D eigenvalue weighted by Gasteiger charge is -2.33. The standard InChI is InChI=1S/C12H17N5O2/c1-3-6-19-17(10-18)12-7-11(8-15(2)9-12)16-5-4-13-14-16/h3-5,7,10,12H,1,6,8-9H2,2H3. The number of aromatic nitrogens is 3. The van der Waals surface area contributed by atoms with E-state index in [1.165, 1.54) is 5.06 Å². The van der Waals surface area contributed by atoms with Crippen molar-refractivity contribution in [2.75, 3.05) is 26.7 Å². The van der Waals surface area contributed by atoms with Crippen molar-refractivity contribution >= 4 is 12.1 Å². The minimum atomic E-state index is -0.157. The fourth-order valence-electron chi connectivity index (χ4n) is 2.00. The van der Waals surface area contributed by atoms with E-state index >= 15 is 0 Å². The molecular formula is C12H17N5O2. The molecule has 0 fully saturated rings. The molecule has 1 aromatic heterocycles. The fourth-order valence-corrected chi connectivity index (χ4v) is 2.00. The predicted octanol–water partition coefficient (Wildman–Crippen LogP) is 0.00900. The highest BCUT2D eigenvalue weighted by Gasteiger charge is 2.24. The molecule has 0 radical (unpaired) electrons. The normalized spacial score (nSPS) is 19.8. The van der Waals surface area contributed by atoms with E-state index in [2.05, 4.69) is 21.8 Å². The van der Waals surface area contributed by atoms with Crippen molar-refractivity contribution in [1.82, 2.24) is 25.0 Å². The van der Waals surface area contributed by atoms with Crippen LogP contribution in [-0.2, 0) is 9.63 Å². The molecule has 1 aliphatic rings. The van der Waals surface area contributed by atoms with Crippen LogP contribution in [0.5, 0.6) is 0 Å². The van der Waals surface area contributed by atoms with Gasteiger partial charge in [0.05, 0.1) is 30.7 Å². The summed E-state index contributed by atoms with van der Waals surface area (Å²) in [5.41, 5.74) is 0.963. The van der Waals surface area contributed by atoms with Gasteiger partial charge in [-0.1, -0.05) is 11.3 Å². The summed E-state index contributed by atoms with van der Waals surface area (Å²) in [4.78, 5) is 18.5. The van der Waals surface area contributed by atoms with Crippen LogP contribution >= 0.6 is 0 Å². The first-order valence-corrected chi connectivity index (χ1v) is 5.98. The minimum Gasteiger partial charge on any atom is -0.298 e. The average Bonchev–Trinajstić information content (AvgIpc) is 2.93. The van der Waals surface area contributed by atoms with Crippen LogP contribution in [0.4, 0.5) is 0 Å². The summed E-state index contributed by atoms with van der Waals surface area (Å²) in [6.07, 6.45) is 7.65. The molecule has 0 saturated carbocycles. The minimum absolute atomic E-state index is 0.157. The maximum absolute atomic E-state index is 11.1. The monoisotopic (exact) mass is 263 g/mol. The van der Waals surface area contributed by atoms with Gasteiger partial charge in [-0.25, -0.2) is 9.75 Å². The van der Waals surface area contributed by atoms with Gasteiger partial charge in [-0.3, -0.25) is 14.5 Å². The number of hydrogen-bond donors (Lipinski definition) is 0. The highest BCUT2D eigenvalue weighted by Crippen LogP contribution is 2.16. The molecule has 0 aromatic carbocycles. The number of hydroxylamine groups is 2. The van der Waals surface area contributed by atoms with Gasteiger partial charge in [-0.2, -0.15) is 0 Å². The van der Waals surface area contributed by atoms with Gasteiger partial charge in [0, 0.05) is 13.1 Å². The highest BCUT2D eigenvalue weighted by atomic mass is 16.7. The van der Waals surface area contributed by atoms with Gasteiger partial charge in [0.1, 0.15) is 0 Å². The van der Waals surface area contributed by atoms with Gasteiger partial charge in [0.25, 0.3) is 0 Å². The number of hydrogen-bond acceptors (Lipinski definition) is 5. The number of nitrogens with zero attached hydrogens (tertiary/aromatic N) is 5. The van der Waals surface area contributed by atoms with Crippen LogP contribution in [0.15, 0.2) is 31.1 Å². The first-order chi connectivity index (χ1) is 9.24. The molecule has 2 rings (SSSR count). The summed E-state index contributed by atoms with van der Waals surface area (Å²) in [6.45, 7) is 5.31. The summed E-state index contributed by atoms with van der Waals surface area (Å²) in [6, 6.07) is -0.157. The van der Waals surface area contributed by atoms with E-state index in [9.17, 15) is 4.79 Å². The van der Waals surface area contributed by atoms with Gasteiger partial charge < -0.3 is 0 Å². The molecule has 2 heterocycles. The Labute approximate surface area is 111 Å². The Morgan fingerprint density at radius 2 is 2.53 bits per heavy atom. The topological polar surface area (TPSA) is 63.5 Å². The smallest absolute Gasteiger partial charge is 0.233 e. The Kier molecular flexibility index (Phi) is 4.43. The molecule has 19 heavy (non-hydrogen) atoms. The van der Waals surface area contributed by atoms with Crippen LogP contribution in [0.1, 0.15) is 0 Å². The maximum Gasteiger partial charge on any atom is 0.233 e. The molecule has 7 nitrogen and oxygen atoms in total. The number of likely N-dealkylation sites (N-methyl/N-ethyl adjacent to an activating group) is 1. The van der Waals surface area contributed by atoms with Gasteiger partial charge >= 0.3 is 0 Å². The largest absolute Gasteiger partial charge is 0.298 e. The Morgan fingerprint density at radius 1 is 1.68 bits per heavy atom. The van der Waals surface area contributed by atoms with Crippen molar-refractivity contribution in [1.29, 1.82) is 0 Å². The Hall–Kier alpha value is -1.99. The summed E-state index contributed by atoms with van der Waals surface area (Å²) >= 11 is 0. The predicted molar refractivity (Wildman–Crippen MR) is 69.6 cm³/mol. The van der Waals surface area contributed by atoms with Crippen molar-refractivity contribution in [2.45, 2.75) is 6.04 Å². The second-order valence-electron chi connectivity index (χ2n) is 4.32. The van der Waals surface area contributed by atoms with Crippen LogP contribution in [-0.4, -0.2) is 64.2 Å². The Bertz CT molecular complexity index is 457. The first kappa shape index (κ1) is 13.4. The quantitative estimate of drug-likeness (QED) is 0.411. The maximum atomic E-state index is 11.1. The van der Waals surface area contributed by atoms with Crippen LogP contribution in [0, 0.1) is 0 Å². The zero-order valence-corrected chi connectivity index (χ0v) is 10.8. The number of amides is 1. The molecule has 1 atom stereocenters. The van der Waals surface area contributed by atoms with E-state index in [1.807, 2.05) is 13.1 Å². The third kappa shape index (κ3) is 3.27. The summed E-state index contributed by atoms with van der Waals surface area (Å²) in [5.74, 6) is 0. The zero-order valence-electron chi connectivity index (χ0n) is 10.8. The van der Waals surface area contributed by atoms with Crippen molar-refractivity contribution in [3.8, 4) is 0 Å². The fraction of sp³-hybridized carbons (Fsp3) is 0.417. The summed E-state index contributed by atoms with van der Waals surface area (Å²) in [7, 11) is 1.98. The van der Waals surface area contributed by atoms with Crippen LogP contribution in [0.25, 0.3) is 5.70 Å². The lowest BCUT2D eigenvalue weighted by Crippen LogP contribution is -2.45. The lowest BCUT2D eigenvalue weighted by atomic mass is 10.1. The zero-order chi connectivity index (χ0) is 13.7. The van der Waals surface area contributed by atoms with E-state index < -0.39 is 0 Å². The van der Waals surface area contributed by atoms with E-state index in [0.717, 1.165) is 12.2 Å². The third-order valence-corrected chi connectivity index (χ3v) is 2.80. The molecule has 0 aliphatic carbocycles. The van der Waals surface area contributed by atoms with Crippen LogP contribution in [0.2, 0.25) is 0 Å².